The molecule has 6 nitrogen and oxygen atoms in total. The third kappa shape index (κ3) is 2.24. The topological polar surface area (TPSA) is 67.9 Å². The maximum atomic E-state index is 11.8. The predicted molar refractivity (Wildman–Crippen MR) is 68.8 cm³/mol. The van der Waals surface area contributed by atoms with Crippen molar-refractivity contribution in [3.05, 3.63) is 29.5 Å². The lowest BCUT2D eigenvalue weighted by Crippen LogP contribution is -2.25. The van der Waals surface area contributed by atoms with Gasteiger partial charge in [-0.2, -0.15) is 0 Å². The quantitative estimate of drug-likeness (QED) is 0.657. The summed E-state index contributed by atoms with van der Waals surface area (Å²) < 4.78 is 10.4. The van der Waals surface area contributed by atoms with Crippen molar-refractivity contribution in [1.29, 1.82) is 0 Å². The molecule has 1 saturated heterocycles. The van der Waals surface area contributed by atoms with Crippen LogP contribution in [0.4, 0.5) is 4.79 Å². The first-order chi connectivity index (χ1) is 9.08. The fourth-order valence-electron chi connectivity index (χ4n) is 1.80. The van der Waals surface area contributed by atoms with Crippen molar-refractivity contribution < 1.29 is 19.1 Å². The Morgan fingerprint density at radius 3 is 2.47 bits per heavy atom. The number of para-hydroxylation sites is 1. The molecule has 0 atom stereocenters. The van der Waals surface area contributed by atoms with Crippen LogP contribution in [0.1, 0.15) is 5.56 Å². The number of carbonyl (C=O) groups is 2. The molecule has 0 radical (unpaired) electrons. The number of amides is 3. The Bertz CT molecular complexity index is 566. The van der Waals surface area contributed by atoms with E-state index in [9.17, 15) is 9.59 Å². The largest absolute Gasteiger partial charge is 0.493 e. The zero-order valence-electron chi connectivity index (χ0n) is 10.9. The highest BCUT2D eigenvalue weighted by Crippen LogP contribution is 2.32. The maximum Gasteiger partial charge on any atom is 0.328 e. The standard InChI is InChI=1S/C13H14N2O4/c1-15-12(16)9(14-13(15)17)7-8-5-4-6-10(18-2)11(8)19-3/h4-7H,1-3H3,(H,14,17)/b9-7+. The summed E-state index contributed by atoms with van der Waals surface area (Å²) in [5.41, 5.74) is 0.861. The summed E-state index contributed by atoms with van der Waals surface area (Å²) >= 11 is 0. The van der Waals surface area contributed by atoms with Gasteiger partial charge in [-0.1, -0.05) is 12.1 Å². The first-order valence-electron chi connectivity index (χ1n) is 5.60. The SMILES string of the molecule is COc1cccc(/C=C2/NC(=O)N(C)C2=O)c1OC. The zero-order valence-corrected chi connectivity index (χ0v) is 10.9. The lowest BCUT2D eigenvalue weighted by Gasteiger charge is -2.10. The molecule has 0 saturated carbocycles. The van der Waals surface area contributed by atoms with E-state index in [1.807, 2.05) is 0 Å². The molecule has 0 spiro atoms. The van der Waals surface area contributed by atoms with Crippen molar-refractivity contribution in [2.75, 3.05) is 21.3 Å². The van der Waals surface area contributed by atoms with E-state index in [0.717, 1.165) is 4.90 Å². The maximum absolute atomic E-state index is 11.8. The van der Waals surface area contributed by atoms with Crippen LogP contribution in [-0.4, -0.2) is 38.1 Å². The van der Waals surface area contributed by atoms with Gasteiger partial charge in [0.05, 0.1) is 14.2 Å². The van der Waals surface area contributed by atoms with Crippen LogP contribution in [0.5, 0.6) is 11.5 Å². The highest BCUT2D eigenvalue weighted by molar-refractivity contribution is 6.13. The number of urea groups is 1. The summed E-state index contributed by atoms with van der Waals surface area (Å²) in [5.74, 6) is 0.686. The number of likely N-dealkylation sites (N-methyl/N-ethyl adjacent to an activating group) is 1. The number of methoxy groups -OCH3 is 2. The van der Waals surface area contributed by atoms with Gasteiger partial charge in [0.2, 0.25) is 0 Å². The minimum atomic E-state index is -0.446. The number of hydrogen-bond acceptors (Lipinski definition) is 4. The molecule has 19 heavy (non-hydrogen) atoms. The molecule has 6 heteroatoms. The molecule has 0 aromatic heterocycles. The summed E-state index contributed by atoms with van der Waals surface area (Å²) in [5, 5.41) is 2.49. The smallest absolute Gasteiger partial charge is 0.328 e. The van der Waals surface area contributed by atoms with E-state index >= 15 is 0 Å². The van der Waals surface area contributed by atoms with Crippen LogP contribution in [0.25, 0.3) is 6.08 Å². The van der Waals surface area contributed by atoms with E-state index in [2.05, 4.69) is 5.32 Å². The molecule has 100 valence electrons. The fraction of sp³-hybridized carbons (Fsp3) is 0.231. The molecule has 1 heterocycles. The average Bonchev–Trinajstić information content (AvgIpc) is 2.66. The monoisotopic (exact) mass is 262 g/mol. The molecule has 1 aromatic rings. The third-order valence-corrected chi connectivity index (χ3v) is 2.81. The first-order valence-corrected chi connectivity index (χ1v) is 5.60. The van der Waals surface area contributed by atoms with Crippen molar-refractivity contribution in [3.63, 3.8) is 0 Å². The molecular formula is C13H14N2O4. The van der Waals surface area contributed by atoms with Crippen LogP contribution in [0, 0.1) is 0 Å². The van der Waals surface area contributed by atoms with Gasteiger partial charge in [0.25, 0.3) is 5.91 Å². The van der Waals surface area contributed by atoms with Crippen molar-refractivity contribution in [3.8, 4) is 11.5 Å². The molecular weight excluding hydrogens is 248 g/mol. The predicted octanol–water partition coefficient (Wildman–Crippen LogP) is 1.23. The molecule has 1 aromatic carbocycles. The molecule has 2 rings (SSSR count). The van der Waals surface area contributed by atoms with Gasteiger partial charge in [-0.25, -0.2) is 4.79 Å². The number of rotatable bonds is 3. The van der Waals surface area contributed by atoms with Gasteiger partial charge >= 0.3 is 6.03 Å². The Morgan fingerprint density at radius 2 is 1.95 bits per heavy atom. The second kappa shape index (κ2) is 5.01. The second-order valence-electron chi connectivity index (χ2n) is 3.94. The fourth-order valence-corrected chi connectivity index (χ4v) is 1.80. The van der Waals surface area contributed by atoms with E-state index in [0.29, 0.717) is 17.1 Å². The number of hydrogen-bond donors (Lipinski definition) is 1. The molecule has 1 fully saturated rings. The van der Waals surface area contributed by atoms with E-state index in [1.165, 1.54) is 21.3 Å². The first kappa shape index (κ1) is 12.9. The van der Waals surface area contributed by atoms with Crippen molar-refractivity contribution in [1.82, 2.24) is 10.2 Å². The van der Waals surface area contributed by atoms with Gasteiger partial charge in [-0.3, -0.25) is 9.69 Å². The Kier molecular flexibility index (Phi) is 3.41. The van der Waals surface area contributed by atoms with Crippen molar-refractivity contribution in [2.24, 2.45) is 0 Å². The summed E-state index contributed by atoms with van der Waals surface area (Å²) in [6.45, 7) is 0. The van der Waals surface area contributed by atoms with Gasteiger partial charge in [-0.15, -0.1) is 0 Å². The zero-order chi connectivity index (χ0) is 14.0. The normalized spacial score (nSPS) is 16.8. The van der Waals surface area contributed by atoms with Gasteiger partial charge in [0.1, 0.15) is 5.70 Å². The van der Waals surface area contributed by atoms with E-state index in [1.54, 1.807) is 24.3 Å². The summed E-state index contributed by atoms with van der Waals surface area (Å²) in [4.78, 5) is 24.1. The van der Waals surface area contributed by atoms with Crippen LogP contribution in [0.3, 0.4) is 0 Å². The van der Waals surface area contributed by atoms with Gasteiger partial charge in [-0.05, 0) is 12.1 Å². The Morgan fingerprint density at radius 1 is 1.21 bits per heavy atom. The molecule has 0 bridgehead atoms. The lowest BCUT2D eigenvalue weighted by atomic mass is 10.1. The van der Waals surface area contributed by atoms with Crippen LogP contribution in [0.2, 0.25) is 0 Å². The molecule has 0 unspecified atom stereocenters. The highest BCUT2D eigenvalue weighted by atomic mass is 16.5. The van der Waals surface area contributed by atoms with E-state index in [-0.39, 0.29) is 11.6 Å². The second-order valence-corrected chi connectivity index (χ2v) is 3.94. The van der Waals surface area contributed by atoms with E-state index < -0.39 is 6.03 Å². The number of carbonyl (C=O) groups excluding carboxylic acids is 2. The number of nitrogens with zero attached hydrogens (tertiary/aromatic N) is 1. The van der Waals surface area contributed by atoms with Gasteiger partial charge < -0.3 is 14.8 Å². The Hall–Kier alpha value is -2.50. The number of imide groups is 1. The third-order valence-electron chi connectivity index (χ3n) is 2.81. The van der Waals surface area contributed by atoms with Crippen LogP contribution in [0.15, 0.2) is 23.9 Å². The minimum Gasteiger partial charge on any atom is -0.493 e. The summed E-state index contributed by atoms with van der Waals surface area (Å²) in [6.07, 6.45) is 1.56. The lowest BCUT2D eigenvalue weighted by molar-refractivity contribution is -0.121. The summed E-state index contributed by atoms with van der Waals surface area (Å²) in [6, 6.07) is 4.85. The Labute approximate surface area is 110 Å². The molecule has 0 aliphatic carbocycles. The van der Waals surface area contributed by atoms with E-state index in [4.69, 9.17) is 9.47 Å². The van der Waals surface area contributed by atoms with Crippen LogP contribution in [-0.2, 0) is 4.79 Å². The molecule has 3 amide bonds. The molecule has 1 aliphatic heterocycles. The number of benzene rings is 1. The number of nitrogens with one attached hydrogen (secondary N) is 1. The molecule has 1 aliphatic rings. The highest BCUT2D eigenvalue weighted by Gasteiger charge is 2.30. The summed E-state index contributed by atoms with van der Waals surface area (Å²) in [7, 11) is 4.47. The Balaban J connectivity index is 2.44. The van der Waals surface area contributed by atoms with Gasteiger partial charge in [0.15, 0.2) is 11.5 Å². The number of ether oxygens (including phenoxy) is 2. The van der Waals surface area contributed by atoms with Crippen LogP contribution < -0.4 is 14.8 Å². The minimum absolute atomic E-state index is 0.207. The molecule has 1 N–H and O–H groups in total. The van der Waals surface area contributed by atoms with Crippen molar-refractivity contribution in [2.45, 2.75) is 0 Å². The van der Waals surface area contributed by atoms with Gasteiger partial charge in [0, 0.05) is 12.6 Å². The van der Waals surface area contributed by atoms with Crippen LogP contribution >= 0.6 is 0 Å². The van der Waals surface area contributed by atoms with Crippen molar-refractivity contribution >= 4 is 18.0 Å². The average molecular weight is 262 g/mol.